The number of hydrogen-bond acceptors (Lipinski definition) is 3. The highest BCUT2D eigenvalue weighted by Crippen LogP contribution is 2.15. The summed E-state index contributed by atoms with van der Waals surface area (Å²) in [5.74, 6) is 0.704. The Bertz CT molecular complexity index is 349. The number of nitrogens with one attached hydrogen (secondary N) is 1. The molecule has 0 saturated heterocycles. The van der Waals surface area contributed by atoms with Gasteiger partial charge in [-0.1, -0.05) is 38.1 Å². The minimum Gasteiger partial charge on any atom is -0.394 e. The van der Waals surface area contributed by atoms with Crippen LogP contribution in [-0.2, 0) is 11.2 Å². The summed E-state index contributed by atoms with van der Waals surface area (Å²) in [5.41, 5.74) is 2.74. The highest BCUT2D eigenvalue weighted by atomic mass is 16.5. The number of benzene rings is 1. The van der Waals surface area contributed by atoms with E-state index in [2.05, 4.69) is 50.4 Å². The molecule has 114 valence electrons. The summed E-state index contributed by atoms with van der Waals surface area (Å²) < 4.78 is 5.23. The molecule has 0 fully saturated rings. The van der Waals surface area contributed by atoms with E-state index >= 15 is 0 Å². The second kappa shape index (κ2) is 9.92. The molecule has 0 heterocycles. The molecule has 0 radical (unpaired) electrons. The van der Waals surface area contributed by atoms with E-state index in [1.807, 2.05) is 0 Å². The van der Waals surface area contributed by atoms with Crippen LogP contribution in [0.2, 0.25) is 0 Å². The average molecular weight is 279 g/mol. The first-order chi connectivity index (χ1) is 9.63. The molecular weight excluding hydrogens is 250 g/mol. The molecule has 1 aromatic carbocycles. The van der Waals surface area contributed by atoms with Gasteiger partial charge in [0.2, 0.25) is 0 Å². The van der Waals surface area contributed by atoms with Crippen molar-refractivity contribution in [2.24, 2.45) is 5.92 Å². The Morgan fingerprint density at radius 3 is 2.40 bits per heavy atom. The molecule has 0 spiro atoms. The van der Waals surface area contributed by atoms with Gasteiger partial charge in [0.15, 0.2) is 0 Å². The van der Waals surface area contributed by atoms with Crippen molar-refractivity contribution in [1.82, 2.24) is 5.32 Å². The first-order valence-electron chi connectivity index (χ1n) is 7.64. The zero-order chi connectivity index (χ0) is 14.8. The second-order valence-electron chi connectivity index (χ2n) is 5.70. The summed E-state index contributed by atoms with van der Waals surface area (Å²) in [7, 11) is 0. The minimum absolute atomic E-state index is 0.104. The van der Waals surface area contributed by atoms with Gasteiger partial charge >= 0.3 is 0 Å². The topological polar surface area (TPSA) is 41.5 Å². The summed E-state index contributed by atoms with van der Waals surface area (Å²) in [5, 5.41) is 12.1. The summed E-state index contributed by atoms with van der Waals surface area (Å²) in [6, 6.07) is 9.27. The number of ether oxygens (including phenoxy) is 1. The minimum atomic E-state index is 0.104. The largest absolute Gasteiger partial charge is 0.394 e. The highest BCUT2D eigenvalue weighted by molar-refractivity contribution is 5.25. The summed E-state index contributed by atoms with van der Waals surface area (Å²) in [4.78, 5) is 0. The van der Waals surface area contributed by atoms with Crippen LogP contribution in [0.25, 0.3) is 0 Å². The Morgan fingerprint density at radius 2 is 1.80 bits per heavy atom. The Balaban J connectivity index is 2.27. The second-order valence-corrected chi connectivity index (χ2v) is 5.70. The molecule has 0 bridgehead atoms. The average Bonchev–Trinajstić information content (AvgIpc) is 2.42. The predicted molar refractivity (Wildman–Crippen MR) is 83.9 cm³/mol. The van der Waals surface area contributed by atoms with Gasteiger partial charge in [0.1, 0.15) is 0 Å². The van der Waals surface area contributed by atoms with Crippen LogP contribution < -0.4 is 5.32 Å². The maximum atomic E-state index is 8.60. The van der Waals surface area contributed by atoms with Gasteiger partial charge in [-0.2, -0.15) is 0 Å². The summed E-state index contributed by atoms with van der Waals surface area (Å²) in [6.07, 6.45) is 2.11. The lowest BCUT2D eigenvalue weighted by Gasteiger charge is -2.15. The normalized spacial score (nSPS) is 12.8. The van der Waals surface area contributed by atoms with Crippen LogP contribution in [0.3, 0.4) is 0 Å². The first-order valence-corrected chi connectivity index (χ1v) is 7.64. The first kappa shape index (κ1) is 17.2. The number of hydrogen-bond donors (Lipinski definition) is 2. The van der Waals surface area contributed by atoms with Crippen LogP contribution in [-0.4, -0.2) is 31.5 Å². The zero-order valence-corrected chi connectivity index (χ0v) is 13.1. The van der Waals surface area contributed by atoms with Crippen molar-refractivity contribution in [3.8, 4) is 0 Å². The Labute approximate surface area is 123 Å². The van der Waals surface area contributed by atoms with Gasteiger partial charge < -0.3 is 15.2 Å². The zero-order valence-electron chi connectivity index (χ0n) is 13.1. The molecule has 0 aromatic heterocycles. The van der Waals surface area contributed by atoms with E-state index in [4.69, 9.17) is 9.84 Å². The van der Waals surface area contributed by atoms with Crippen molar-refractivity contribution in [3.05, 3.63) is 35.4 Å². The fourth-order valence-electron chi connectivity index (χ4n) is 2.19. The number of aliphatic hydroxyl groups excluding tert-OH is 1. The third-order valence-corrected chi connectivity index (χ3v) is 3.28. The number of rotatable bonds is 10. The van der Waals surface area contributed by atoms with Gasteiger partial charge in [-0.15, -0.1) is 0 Å². The molecule has 1 atom stereocenters. The van der Waals surface area contributed by atoms with Crippen molar-refractivity contribution in [2.45, 2.75) is 39.7 Å². The highest BCUT2D eigenvalue weighted by Gasteiger charge is 2.05. The molecule has 2 N–H and O–H groups in total. The van der Waals surface area contributed by atoms with Gasteiger partial charge in [0.05, 0.1) is 13.2 Å². The third-order valence-electron chi connectivity index (χ3n) is 3.28. The smallest absolute Gasteiger partial charge is 0.0697 e. The molecule has 1 unspecified atom stereocenters. The van der Waals surface area contributed by atoms with Gasteiger partial charge in [-0.25, -0.2) is 0 Å². The van der Waals surface area contributed by atoms with Crippen LogP contribution >= 0.6 is 0 Å². The van der Waals surface area contributed by atoms with E-state index in [9.17, 15) is 0 Å². The fourth-order valence-corrected chi connectivity index (χ4v) is 2.19. The summed E-state index contributed by atoms with van der Waals surface area (Å²) >= 11 is 0. The molecule has 0 aliphatic heterocycles. The molecule has 0 aliphatic rings. The van der Waals surface area contributed by atoms with Crippen molar-refractivity contribution in [2.75, 3.05) is 26.4 Å². The van der Waals surface area contributed by atoms with Crippen molar-refractivity contribution in [1.29, 1.82) is 0 Å². The van der Waals surface area contributed by atoms with Crippen LogP contribution in [0.1, 0.15) is 44.4 Å². The van der Waals surface area contributed by atoms with E-state index in [0.29, 0.717) is 25.2 Å². The lowest BCUT2D eigenvalue weighted by Crippen LogP contribution is -2.21. The van der Waals surface area contributed by atoms with E-state index in [-0.39, 0.29) is 6.61 Å². The Morgan fingerprint density at radius 1 is 1.10 bits per heavy atom. The van der Waals surface area contributed by atoms with Crippen molar-refractivity contribution < 1.29 is 9.84 Å². The van der Waals surface area contributed by atoms with E-state index in [0.717, 1.165) is 19.4 Å². The standard InChI is InChI=1S/C17H29NO2/c1-14(2)13-16-5-7-17(8-6-16)15(3)18-9-4-11-20-12-10-19/h5-8,14-15,18-19H,4,9-13H2,1-3H3. The maximum Gasteiger partial charge on any atom is 0.0697 e. The molecule has 0 amide bonds. The summed E-state index contributed by atoms with van der Waals surface area (Å²) in [6.45, 7) is 8.85. The van der Waals surface area contributed by atoms with Crippen LogP contribution in [0.5, 0.6) is 0 Å². The predicted octanol–water partition coefficient (Wildman–Crippen LogP) is 2.93. The third kappa shape index (κ3) is 7.04. The SMILES string of the molecule is CC(C)Cc1ccc(C(C)NCCCOCCO)cc1. The fraction of sp³-hybridized carbons (Fsp3) is 0.647. The molecule has 1 aromatic rings. The van der Waals surface area contributed by atoms with Crippen LogP contribution in [0, 0.1) is 5.92 Å². The van der Waals surface area contributed by atoms with Gasteiger partial charge in [0.25, 0.3) is 0 Å². The molecule has 3 nitrogen and oxygen atoms in total. The Kier molecular flexibility index (Phi) is 8.51. The van der Waals surface area contributed by atoms with E-state index < -0.39 is 0 Å². The van der Waals surface area contributed by atoms with Crippen LogP contribution in [0.4, 0.5) is 0 Å². The van der Waals surface area contributed by atoms with Crippen LogP contribution in [0.15, 0.2) is 24.3 Å². The lowest BCUT2D eigenvalue weighted by molar-refractivity contribution is 0.0904. The lowest BCUT2D eigenvalue weighted by atomic mass is 10.00. The van der Waals surface area contributed by atoms with Gasteiger partial charge in [0, 0.05) is 12.6 Å². The monoisotopic (exact) mass is 279 g/mol. The molecule has 1 rings (SSSR count). The quantitative estimate of drug-likeness (QED) is 0.647. The molecule has 3 heteroatoms. The molecule has 0 saturated carbocycles. The maximum absolute atomic E-state index is 8.60. The molecule has 20 heavy (non-hydrogen) atoms. The van der Waals surface area contributed by atoms with Gasteiger partial charge in [-0.3, -0.25) is 0 Å². The van der Waals surface area contributed by atoms with E-state index in [1.54, 1.807) is 0 Å². The molecule has 0 aliphatic carbocycles. The van der Waals surface area contributed by atoms with Crippen molar-refractivity contribution in [3.63, 3.8) is 0 Å². The Hall–Kier alpha value is -0.900. The van der Waals surface area contributed by atoms with Gasteiger partial charge in [-0.05, 0) is 43.4 Å². The molecular formula is C17H29NO2. The van der Waals surface area contributed by atoms with Crippen molar-refractivity contribution >= 4 is 0 Å². The van der Waals surface area contributed by atoms with E-state index in [1.165, 1.54) is 11.1 Å². The number of aliphatic hydroxyl groups is 1.